The average molecular weight is 285 g/mol. The lowest BCUT2D eigenvalue weighted by Crippen LogP contribution is -2.55. The van der Waals surface area contributed by atoms with Gasteiger partial charge in [-0.15, -0.1) is 0 Å². The van der Waals surface area contributed by atoms with Gasteiger partial charge in [0.15, 0.2) is 6.10 Å². The summed E-state index contributed by atoms with van der Waals surface area (Å²) in [7, 11) is 0. The SMILES string of the molecule is CCOC(=O)[C@H]1CN(C(=O)OC(C)(C)C)CC2(CC2)O1. The zero-order valence-electron chi connectivity index (χ0n) is 12.6. The summed E-state index contributed by atoms with van der Waals surface area (Å²) in [6.45, 7) is 8.19. The third-order valence-corrected chi connectivity index (χ3v) is 3.27. The molecule has 0 N–H and O–H groups in total. The zero-order valence-corrected chi connectivity index (χ0v) is 12.6. The molecule has 20 heavy (non-hydrogen) atoms. The highest BCUT2D eigenvalue weighted by atomic mass is 16.6. The van der Waals surface area contributed by atoms with E-state index in [0.717, 1.165) is 12.8 Å². The monoisotopic (exact) mass is 285 g/mol. The van der Waals surface area contributed by atoms with Crippen LogP contribution in [0.2, 0.25) is 0 Å². The molecule has 1 aliphatic heterocycles. The Bertz CT molecular complexity index is 397. The molecule has 0 bridgehead atoms. The molecule has 1 amide bonds. The normalized spacial score (nSPS) is 24.4. The summed E-state index contributed by atoms with van der Waals surface area (Å²) >= 11 is 0. The van der Waals surface area contributed by atoms with Crippen LogP contribution < -0.4 is 0 Å². The first kappa shape index (κ1) is 15.1. The fraction of sp³-hybridized carbons (Fsp3) is 0.857. The molecule has 1 saturated heterocycles. The number of carbonyl (C=O) groups excluding carboxylic acids is 2. The van der Waals surface area contributed by atoms with Gasteiger partial charge < -0.3 is 19.1 Å². The van der Waals surface area contributed by atoms with Gasteiger partial charge in [-0.25, -0.2) is 9.59 Å². The number of rotatable bonds is 2. The van der Waals surface area contributed by atoms with Crippen molar-refractivity contribution in [2.45, 2.75) is 57.8 Å². The highest BCUT2D eigenvalue weighted by molar-refractivity contribution is 5.77. The molecule has 1 aliphatic carbocycles. The maximum absolute atomic E-state index is 12.2. The van der Waals surface area contributed by atoms with Crippen molar-refractivity contribution < 1.29 is 23.8 Å². The zero-order chi connectivity index (χ0) is 15.0. The lowest BCUT2D eigenvalue weighted by molar-refractivity contribution is -0.172. The molecule has 0 radical (unpaired) electrons. The summed E-state index contributed by atoms with van der Waals surface area (Å²) in [6, 6.07) is 0. The minimum Gasteiger partial charge on any atom is -0.464 e. The summed E-state index contributed by atoms with van der Waals surface area (Å²) in [5, 5.41) is 0. The van der Waals surface area contributed by atoms with E-state index in [-0.39, 0.29) is 12.1 Å². The molecular weight excluding hydrogens is 262 g/mol. The summed E-state index contributed by atoms with van der Waals surface area (Å²) in [5.74, 6) is -0.410. The lowest BCUT2D eigenvalue weighted by Gasteiger charge is -2.37. The van der Waals surface area contributed by atoms with Gasteiger partial charge in [-0.2, -0.15) is 0 Å². The van der Waals surface area contributed by atoms with E-state index < -0.39 is 23.8 Å². The Hall–Kier alpha value is -1.30. The minimum absolute atomic E-state index is 0.190. The third kappa shape index (κ3) is 3.62. The number of carbonyl (C=O) groups is 2. The number of morpholine rings is 1. The highest BCUT2D eigenvalue weighted by Crippen LogP contribution is 2.44. The van der Waals surface area contributed by atoms with Crippen molar-refractivity contribution in [2.24, 2.45) is 0 Å². The van der Waals surface area contributed by atoms with Crippen LogP contribution in [0.4, 0.5) is 4.79 Å². The second kappa shape index (κ2) is 5.24. The van der Waals surface area contributed by atoms with Gasteiger partial charge in [-0.3, -0.25) is 0 Å². The van der Waals surface area contributed by atoms with Crippen LogP contribution in [0.25, 0.3) is 0 Å². The molecule has 2 fully saturated rings. The largest absolute Gasteiger partial charge is 0.464 e. The number of hydrogen-bond donors (Lipinski definition) is 0. The Kier molecular flexibility index (Phi) is 3.95. The van der Waals surface area contributed by atoms with Gasteiger partial charge in [0.25, 0.3) is 0 Å². The number of nitrogens with zero attached hydrogens (tertiary/aromatic N) is 1. The van der Waals surface area contributed by atoms with Crippen LogP contribution in [-0.4, -0.2) is 54.0 Å². The van der Waals surface area contributed by atoms with E-state index in [9.17, 15) is 9.59 Å². The molecular formula is C14H23NO5. The Labute approximate surface area is 119 Å². The predicted molar refractivity (Wildman–Crippen MR) is 71.3 cm³/mol. The number of hydrogen-bond acceptors (Lipinski definition) is 5. The first-order valence-corrected chi connectivity index (χ1v) is 7.07. The summed E-state index contributed by atoms with van der Waals surface area (Å²) < 4.78 is 16.1. The molecule has 1 spiro atoms. The van der Waals surface area contributed by atoms with Crippen molar-refractivity contribution in [1.82, 2.24) is 4.90 Å². The number of amides is 1. The molecule has 6 nitrogen and oxygen atoms in total. The van der Waals surface area contributed by atoms with Crippen molar-refractivity contribution in [3.63, 3.8) is 0 Å². The van der Waals surface area contributed by atoms with Crippen LogP contribution in [0.3, 0.4) is 0 Å². The molecule has 1 saturated carbocycles. The lowest BCUT2D eigenvalue weighted by atomic mass is 10.2. The molecule has 0 aromatic heterocycles. The van der Waals surface area contributed by atoms with Gasteiger partial charge in [0, 0.05) is 0 Å². The van der Waals surface area contributed by atoms with Crippen LogP contribution in [0.15, 0.2) is 0 Å². The average Bonchev–Trinajstić information content (AvgIpc) is 3.05. The van der Waals surface area contributed by atoms with Gasteiger partial charge in [0.2, 0.25) is 0 Å². The molecule has 0 aromatic carbocycles. The molecule has 2 aliphatic rings. The van der Waals surface area contributed by atoms with Gasteiger partial charge in [0.05, 0.1) is 25.3 Å². The second-order valence-electron chi connectivity index (χ2n) is 6.40. The summed E-state index contributed by atoms with van der Waals surface area (Å²) in [4.78, 5) is 25.6. The molecule has 0 aromatic rings. The fourth-order valence-electron chi connectivity index (χ4n) is 2.23. The van der Waals surface area contributed by atoms with Crippen LogP contribution in [-0.2, 0) is 19.0 Å². The smallest absolute Gasteiger partial charge is 0.410 e. The third-order valence-electron chi connectivity index (χ3n) is 3.27. The van der Waals surface area contributed by atoms with E-state index in [1.165, 1.54) is 0 Å². The van der Waals surface area contributed by atoms with Crippen molar-refractivity contribution in [2.75, 3.05) is 19.7 Å². The van der Waals surface area contributed by atoms with Crippen molar-refractivity contribution in [3.8, 4) is 0 Å². The molecule has 114 valence electrons. The van der Waals surface area contributed by atoms with Gasteiger partial charge >= 0.3 is 12.1 Å². The quantitative estimate of drug-likeness (QED) is 0.723. The number of esters is 1. The van der Waals surface area contributed by atoms with Crippen LogP contribution in [0, 0.1) is 0 Å². The van der Waals surface area contributed by atoms with E-state index in [1.54, 1.807) is 11.8 Å². The van der Waals surface area contributed by atoms with Crippen molar-refractivity contribution in [1.29, 1.82) is 0 Å². The molecule has 0 unspecified atom stereocenters. The first-order chi connectivity index (χ1) is 9.25. The topological polar surface area (TPSA) is 65.1 Å². The van der Waals surface area contributed by atoms with E-state index in [4.69, 9.17) is 14.2 Å². The van der Waals surface area contributed by atoms with Crippen LogP contribution in [0.1, 0.15) is 40.5 Å². The van der Waals surface area contributed by atoms with Crippen LogP contribution in [0.5, 0.6) is 0 Å². The summed E-state index contributed by atoms with van der Waals surface area (Å²) in [5.41, 5.74) is -0.919. The Morgan fingerprint density at radius 1 is 1.35 bits per heavy atom. The standard InChI is InChI=1S/C14H23NO5/c1-5-18-11(16)10-8-15(9-14(19-10)6-7-14)12(17)20-13(2,3)4/h10H,5-9H2,1-4H3/t10-/m1/s1. The Morgan fingerprint density at radius 2 is 2.00 bits per heavy atom. The van der Waals surface area contributed by atoms with Gasteiger partial charge in [-0.1, -0.05) is 0 Å². The molecule has 2 rings (SSSR count). The molecule has 1 heterocycles. The second-order valence-corrected chi connectivity index (χ2v) is 6.40. The Balaban J connectivity index is 2.02. The maximum atomic E-state index is 12.2. The van der Waals surface area contributed by atoms with Crippen LogP contribution >= 0.6 is 0 Å². The van der Waals surface area contributed by atoms with E-state index in [2.05, 4.69) is 0 Å². The van der Waals surface area contributed by atoms with Crippen molar-refractivity contribution >= 4 is 12.1 Å². The van der Waals surface area contributed by atoms with E-state index in [0.29, 0.717) is 13.2 Å². The predicted octanol–water partition coefficient (Wildman–Crippen LogP) is 1.72. The fourth-order valence-corrected chi connectivity index (χ4v) is 2.23. The van der Waals surface area contributed by atoms with Crippen molar-refractivity contribution in [3.05, 3.63) is 0 Å². The highest BCUT2D eigenvalue weighted by Gasteiger charge is 2.53. The minimum atomic E-state index is -0.710. The Morgan fingerprint density at radius 3 is 2.50 bits per heavy atom. The van der Waals surface area contributed by atoms with Gasteiger partial charge in [-0.05, 0) is 40.5 Å². The van der Waals surface area contributed by atoms with Gasteiger partial charge in [0.1, 0.15) is 5.60 Å². The first-order valence-electron chi connectivity index (χ1n) is 7.07. The maximum Gasteiger partial charge on any atom is 0.410 e. The summed E-state index contributed by atoms with van der Waals surface area (Å²) in [6.07, 6.45) is 0.616. The molecule has 1 atom stereocenters. The molecule has 6 heteroatoms. The number of ether oxygens (including phenoxy) is 3. The van der Waals surface area contributed by atoms with E-state index >= 15 is 0 Å². The van der Waals surface area contributed by atoms with E-state index in [1.807, 2.05) is 20.8 Å².